The Morgan fingerprint density at radius 1 is 1.56 bits per heavy atom. The molecule has 1 rings (SSSR count). The van der Waals surface area contributed by atoms with Crippen LogP contribution < -0.4 is 11.1 Å². The molecule has 4 N–H and O–H groups in total. The Kier molecular flexibility index (Phi) is 5.14. The monoisotopic (exact) mass is 257 g/mol. The zero-order valence-electron chi connectivity index (χ0n) is 8.50. The lowest BCUT2D eigenvalue weighted by molar-refractivity contribution is -0.115. The summed E-state index contributed by atoms with van der Waals surface area (Å²) in [6, 6.07) is 6.95. The molecule has 0 unspecified atom stereocenters. The number of carbonyl (C=O) groups excluding carboxylic acids is 1. The van der Waals surface area contributed by atoms with Crippen LogP contribution in [0.3, 0.4) is 0 Å². The van der Waals surface area contributed by atoms with E-state index in [-0.39, 0.29) is 11.1 Å². The molecule has 0 radical (unpaired) electrons. The van der Waals surface area contributed by atoms with E-state index in [0.717, 1.165) is 11.8 Å². The number of amides is 1. The van der Waals surface area contributed by atoms with Crippen molar-refractivity contribution in [2.24, 2.45) is 5.73 Å². The highest BCUT2D eigenvalue weighted by atomic mass is 35.5. The van der Waals surface area contributed by atoms with E-state index in [2.05, 4.69) is 5.32 Å². The third-order valence-electron chi connectivity index (χ3n) is 1.70. The third-order valence-corrected chi connectivity index (χ3v) is 2.65. The SMILES string of the molecule is N=C(N)SCCC(=O)Nc1cccc(Cl)c1. The van der Waals surface area contributed by atoms with E-state index in [1.165, 1.54) is 0 Å². The highest BCUT2D eigenvalue weighted by Crippen LogP contribution is 2.15. The maximum atomic E-state index is 11.4. The van der Waals surface area contributed by atoms with Crippen LogP contribution in [0.15, 0.2) is 24.3 Å². The van der Waals surface area contributed by atoms with E-state index in [1.54, 1.807) is 24.3 Å². The number of halogens is 1. The number of amidine groups is 1. The second-order valence-electron chi connectivity index (χ2n) is 3.02. The second kappa shape index (κ2) is 6.40. The lowest BCUT2D eigenvalue weighted by atomic mass is 10.3. The van der Waals surface area contributed by atoms with E-state index < -0.39 is 0 Å². The van der Waals surface area contributed by atoms with E-state index in [1.807, 2.05) is 0 Å². The molecule has 0 aliphatic carbocycles. The number of benzene rings is 1. The minimum atomic E-state index is -0.115. The number of hydrogen-bond donors (Lipinski definition) is 3. The number of thioether (sulfide) groups is 1. The Hall–Kier alpha value is -1.20. The van der Waals surface area contributed by atoms with Crippen LogP contribution in [0, 0.1) is 5.41 Å². The van der Waals surface area contributed by atoms with E-state index in [9.17, 15) is 4.79 Å². The molecule has 1 aromatic rings. The van der Waals surface area contributed by atoms with Gasteiger partial charge in [-0.25, -0.2) is 0 Å². The van der Waals surface area contributed by atoms with Crippen LogP contribution >= 0.6 is 23.4 Å². The summed E-state index contributed by atoms with van der Waals surface area (Å²) in [6.07, 6.45) is 0.316. The number of carbonyl (C=O) groups is 1. The molecule has 0 saturated heterocycles. The van der Waals surface area contributed by atoms with Gasteiger partial charge in [0.1, 0.15) is 0 Å². The summed E-state index contributed by atoms with van der Waals surface area (Å²) in [7, 11) is 0. The molecule has 16 heavy (non-hydrogen) atoms. The van der Waals surface area contributed by atoms with Crippen LogP contribution in [-0.4, -0.2) is 16.8 Å². The van der Waals surface area contributed by atoms with Crippen LogP contribution in [0.4, 0.5) is 5.69 Å². The Bertz CT molecular complexity index is 397. The van der Waals surface area contributed by atoms with Gasteiger partial charge < -0.3 is 11.1 Å². The maximum absolute atomic E-state index is 11.4. The summed E-state index contributed by atoms with van der Waals surface area (Å²) in [5.41, 5.74) is 5.82. The van der Waals surface area contributed by atoms with Crippen LogP contribution in [0.25, 0.3) is 0 Å². The fourth-order valence-corrected chi connectivity index (χ4v) is 1.74. The first-order chi connectivity index (χ1) is 7.58. The van der Waals surface area contributed by atoms with Crippen LogP contribution in [0.1, 0.15) is 6.42 Å². The zero-order chi connectivity index (χ0) is 12.0. The summed E-state index contributed by atoms with van der Waals surface area (Å²) < 4.78 is 0. The van der Waals surface area contributed by atoms with Crippen molar-refractivity contribution >= 4 is 40.1 Å². The van der Waals surface area contributed by atoms with Gasteiger partial charge >= 0.3 is 0 Å². The lowest BCUT2D eigenvalue weighted by Gasteiger charge is -2.04. The Balaban J connectivity index is 2.37. The van der Waals surface area contributed by atoms with Gasteiger partial charge in [-0.2, -0.15) is 0 Å². The van der Waals surface area contributed by atoms with Gasteiger partial charge in [-0.05, 0) is 18.2 Å². The molecular formula is C10H12ClN3OS. The van der Waals surface area contributed by atoms with Crippen LogP contribution in [-0.2, 0) is 4.79 Å². The third kappa shape index (κ3) is 5.04. The van der Waals surface area contributed by atoms with Crippen molar-refractivity contribution in [2.75, 3.05) is 11.1 Å². The largest absolute Gasteiger partial charge is 0.379 e. The molecule has 0 heterocycles. The molecule has 0 aliphatic rings. The van der Waals surface area contributed by atoms with Crippen molar-refractivity contribution in [2.45, 2.75) is 6.42 Å². The number of nitrogens with one attached hydrogen (secondary N) is 2. The van der Waals surface area contributed by atoms with Crippen molar-refractivity contribution in [1.82, 2.24) is 0 Å². The molecule has 0 fully saturated rings. The average molecular weight is 258 g/mol. The Morgan fingerprint density at radius 2 is 2.31 bits per heavy atom. The van der Waals surface area contributed by atoms with Gasteiger partial charge in [0, 0.05) is 22.9 Å². The standard InChI is InChI=1S/C10H12ClN3OS/c11-7-2-1-3-8(6-7)14-9(15)4-5-16-10(12)13/h1-3,6H,4-5H2,(H3,12,13)(H,14,15). The van der Waals surface area contributed by atoms with E-state index in [4.69, 9.17) is 22.7 Å². The molecule has 0 saturated carbocycles. The van der Waals surface area contributed by atoms with E-state index in [0.29, 0.717) is 22.9 Å². The Labute approximate surface area is 103 Å². The summed E-state index contributed by atoms with van der Waals surface area (Å²) >= 11 is 6.92. The fraction of sp³-hybridized carbons (Fsp3) is 0.200. The van der Waals surface area contributed by atoms with Gasteiger partial charge in [-0.3, -0.25) is 10.2 Å². The first-order valence-electron chi connectivity index (χ1n) is 4.60. The summed E-state index contributed by atoms with van der Waals surface area (Å²) in [4.78, 5) is 11.4. The quantitative estimate of drug-likeness (QED) is 0.572. The second-order valence-corrected chi connectivity index (χ2v) is 4.59. The lowest BCUT2D eigenvalue weighted by Crippen LogP contribution is -2.13. The molecule has 86 valence electrons. The first-order valence-corrected chi connectivity index (χ1v) is 5.96. The molecule has 6 heteroatoms. The van der Waals surface area contributed by atoms with Crippen LogP contribution in [0.2, 0.25) is 5.02 Å². The molecule has 4 nitrogen and oxygen atoms in total. The van der Waals surface area contributed by atoms with Gasteiger partial charge in [0.15, 0.2) is 5.17 Å². The minimum Gasteiger partial charge on any atom is -0.379 e. The van der Waals surface area contributed by atoms with Crippen molar-refractivity contribution in [3.8, 4) is 0 Å². The molecule has 0 spiro atoms. The first kappa shape index (κ1) is 12.9. The normalized spacial score (nSPS) is 9.81. The molecule has 0 aromatic heterocycles. The molecule has 1 amide bonds. The van der Waals surface area contributed by atoms with E-state index >= 15 is 0 Å². The molecule has 1 aromatic carbocycles. The number of nitrogens with two attached hydrogens (primary N) is 1. The number of anilines is 1. The summed E-state index contributed by atoms with van der Waals surface area (Å²) in [6.45, 7) is 0. The van der Waals surface area contributed by atoms with Gasteiger partial charge in [0.05, 0.1) is 0 Å². The highest BCUT2D eigenvalue weighted by molar-refractivity contribution is 8.13. The summed E-state index contributed by atoms with van der Waals surface area (Å²) in [5, 5.41) is 10.3. The topological polar surface area (TPSA) is 79.0 Å². The van der Waals surface area contributed by atoms with Gasteiger partial charge in [0.25, 0.3) is 0 Å². The van der Waals surface area contributed by atoms with Gasteiger partial charge in [0.2, 0.25) is 5.91 Å². The molecular weight excluding hydrogens is 246 g/mol. The van der Waals surface area contributed by atoms with Crippen LogP contribution in [0.5, 0.6) is 0 Å². The minimum absolute atomic E-state index is 0.0237. The number of rotatable bonds is 4. The molecule has 0 atom stereocenters. The summed E-state index contributed by atoms with van der Waals surface area (Å²) in [5.74, 6) is 0.387. The van der Waals surface area contributed by atoms with Gasteiger partial charge in [-0.1, -0.05) is 29.4 Å². The predicted octanol–water partition coefficient (Wildman–Crippen LogP) is 2.30. The predicted molar refractivity (Wildman–Crippen MR) is 69.1 cm³/mol. The highest BCUT2D eigenvalue weighted by Gasteiger charge is 2.03. The molecule has 0 aliphatic heterocycles. The van der Waals surface area contributed by atoms with Gasteiger partial charge in [-0.15, -0.1) is 0 Å². The fourth-order valence-electron chi connectivity index (χ4n) is 1.04. The molecule has 0 bridgehead atoms. The van der Waals surface area contributed by atoms with Crippen molar-refractivity contribution in [3.63, 3.8) is 0 Å². The zero-order valence-corrected chi connectivity index (χ0v) is 10.1. The maximum Gasteiger partial charge on any atom is 0.225 e. The number of hydrogen-bond acceptors (Lipinski definition) is 3. The smallest absolute Gasteiger partial charge is 0.225 e. The van der Waals surface area contributed by atoms with Crippen molar-refractivity contribution < 1.29 is 4.79 Å². The average Bonchev–Trinajstić information content (AvgIpc) is 2.16. The van der Waals surface area contributed by atoms with Crippen molar-refractivity contribution in [1.29, 1.82) is 5.41 Å². The van der Waals surface area contributed by atoms with Crippen molar-refractivity contribution in [3.05, 3.63) is 29.3 Å². The Morgan fingerprint density at radius 3 is 2.94 bits per heavy atom.